The van der Waals surface area contributed by atoms with Crippen molar-refractivity contribution >= 4 is 44.8 Å². The molecule has 0 aliphatic carbocycles. The summed E-state index contributed by atoms with van der Waals surface area (Å²) in [6, 6.07) is 23.3. The second kappa shape index (κ2) is 10.1. The van der Waals surface area contributed by atoms with Crippen LogP contribution in [-0.2, 0) is 17.9 Å². The number of carbonyl (C=O) groups excluding carboxylic acids is 1. The smallest absolute Gasteiger partial charge is 0.267 e. The van der Waals surface area contributed by atoms with Crippen molar-refractivity contribution in [3.05, 3.63) is 98.9 Å². The average Bonchev–Trinajstić information content (AvgIpc) is 3.10. The first-order chi connectivity index (χ1) is 15.5. The molecule has 3 aromatic carbocycles. The first kappa shape index (κ1) is 22.2. The van der Waals surface area contributed by atoms with Crippen LogP contribution in [0.15, 0.2) is 87.2 Å². The summed E-state index contributed by atoms with van der Waals surface area (Å²) in [5, 5.41) is 10.7. The molecule has 0 spiro atoms. The van der Waals surface area contributed by atoms with Crippen LogP contribution in [0, 0.1) is 0 Å². The number of carbonyl (C=O) groups is 1. The molecule has 0 bridgehead atoms. The quantitative estimate of drug-likeness (QED) is 0.425. The molecule has 1 aliphatic heterocycles. The van der Waals surface area contributed by atoms with Gasteiger partial charge < -0.3 is 9.84 Å². The maximum atomic E-state index is 13.3. The van der Waals surface area contributed by atoms with Crippen LogP contribution in [0.1, 0.15) is 16.7 Å². The van der Waals surface area contributed by atoms with E-state index in [4.69, 9.17) is 9.73 Å². The highest BCUT2D eigenvalue weighted by molar-refractivity contribution is 9.10. The molecule has 1 saturated heterocycles. The normalized spacial score (nSPS) is 16.2. The number of phenolic OH excluding ortho intramolecular Hbond substituents is 1. The van der Waals surface area contributed by atoms with E-state index in [1.165, 1.54) is 18.9 Å². The van der Waals surface area contributed by atoms with E-state index in [2.05, 4.69) is 15.9 Å². The minimum Gasteiger partial charge on any atom is -0.503 e. The fraction of sp³-hybridized carbons (Fsp3) is 0.120. The van der Waals surface area contributed by atoms with Crippen LogP contribution in [0.25, 0.3) is 6.08 Å². The van der Waals surface area contributed by atoms with Crippen molar-refractivity contribution < 1.29 is 14.6 Å². The van der Waals surface area contributed by atoms with Gasteiger partial charge in [-0.1, -0.05) is 60.7 Å². The highest BCUT2D eigenvalue weighted by Crippen LogP contribution is 2.38. The van der Waals surface area contributed by atoms with E-state index in [0.29, 0.717) is 33.4 Å². The third kappa shape index (κ3) is 5.06. The zero-order chi connectivity index (χ0) is 22.5. The Hall–Kier alpha value is -3.03. The molecular formula is C25H21BrN2O3S. The number of hydrogen-bond acceptors (Lipinski definition) is 5. The summed E-state index contributed by atoms with van der Waals surface area (Å²) in [4.78, 5) is 20.3. The molecule has 1 aliphatic rings. The second-order valence-corrected chi connectivity index (χ2v) is 8.99. The molecule has 0 radical (unpaired) electrons. The number of ether oxygens (including phenoxy) is 1. The van der Waals surface area contributed by atoms with Crippen molar-refractivity contribution in [2.24, 2.45) is 4.99 Å². The van der Waals surface area contributed by atoms with Crippen LogP contribution in [0.3, 0.4) is 0 Å². The number of benzene rings is 3. The van der Waals surface area contributed by atoms with Crippen molar-refractivity contribution in [2.45, 2.75) is 13.1 Å². The third-order valence-electron chi connectivity index (χ3n) is 4.88. The summed E-state index contributed by atoms with van der Waals surface area (Å²) < 4.78 is 5.73. The number of aromatic hydroxyl groups is 1. The number of halogens is 1. The van der Waals surface area contributed by atoms with Crippen LogP contribution in [0.4, 0.5) is 0 Å². The Morgan fingerprint density at radius 2 is 1.72 bits per heavy atom. The molecule has 32 heavy (non-hydrogen) atoms. The molecule has 1 N–H and O–H groups in total. The predicted molar refractivity (Wildman–Crippen MR) is 132 cm³/mol. The Balaban J connectivity index is 1.67. The summed E-state index contributed by atoms with van der Waals surface area (Å²) in [7, 11) is 1.49. The predicted octanol–water partition coefficient (Wildman–Crippen LogP) is 5.84. The molecule has 162 valence electrons. The number of phenols is 1. The summed E-state index contributed by atoms with van der Waals surface area (Å²) in [6.45, 7) is 0.938. The van der Waals surface area contributed by atoms with Crippen molar-refractivity contribution in [1.29, 1.82) is 0 Å². The molecular weight excluding hydrogens is 488 g/mol. The Bertz CT molecular complexity index is 1180. The van der Waals surface area contributed by atoms with Crippen molar-refractivity contribution in [1.82, 2.24) is 4.90 Å². The SMILES string of the molecule is COc1cc(C=C2SC(=NCc3ccccc3)N(Cc3ccccc3)C2=O)cc(Br)c1O. The van der Waals surface area contributed by atoms with Gasteiger partial charge in [0.2, 0.25) is 0 Å². The van der Waals surface area contributed by atoms with Gasteiger partial charge in [0.1, 0.15) is 0 Å². The number of nitrogens with zero attached hydrogens (tertiary/aromatic N) is 2. The van der Waals surface area contributed by atoms with Crippen molar-refractivity contribution in [3.63, 3.8) is 0 Å². The van der Waals surface area contributed by atoms with E-state index in [1.54, 1.807) is 23.1 Å². The number of methoxy groups -OCH3 is 1. The van der Waals surface area contributed by atoms with Gasteiger partial charge in [0.25, 0.3) is 5.91 Å². The van der Waals surface area contributed by atoms with Gasteiger partial charge in [-0.05, 0) is 62.6 Å². The van der Waals surface area contributed by atoms with E-state index >= 15 is 0 Å². The number of thioether (sulfide) groups is 1. The maximum absolute atomic E-state index is 13.3. The second-order valence-electron chi connectivity index (χ2n) is 7.13. The topological polar surface area (TPSA) is 62.1 Å². The average molecular weight is 509 g/mol. The molecule has 1 amide bonds. The Kier molecular flexibility index (Phi) is 6.97. The molecule has 7 heteroatoms. The van der Waals surface area contributed by atoms with Gasteiger partial charge >= 0.3 is 0 Å². The highest BCUT2D eigenvalue weighted by Gasteiger charge is 2.33. The van der Waals surface area contributed by atoms with Gasteiger partial charge in [0, 0.05) is 0 Å². The highest BCUT2D eigenvalue weighted by atomic mass is 79.9. The Morgan fingerprint density at radius 3 is 2.38 bits per heavy atom. The number of amidine groups is 1. The zero-order valence-electron chi connectivity index (χ0n) is 17.4. The lowest BCUT2D eigenvalue weighted by molar-refractivity contribution is -0.122. The lowest BCUT2D eigenvalue weighted by atomic mass is 10.1. The van der Waals surface area contributed by atoms with Gasteiger partial charge in [-0.25, -0.2) is 0 Å². The zero-order valence-corrected chi connectivity index (χ0v) is 19.8. The van der Waals surface area contributed by atoms with E-state index in [9.17, 15) is 9.90 Å². The molecule has 5 nitrogen and oxygen atoms in total. The van der Waals surface area contributed by atoms with Gasteiger partial charge in [0.05, 0.1) is 29.6 Å². The van der Waals surface area contributed by atoms with Crippen LogP contribution in [0.5, 0.6) is 11.5 Å². The van der Waals surface area contributed by atoms with E-state index in [-0.39, 0.29) is 11.7 Å². The molecule has 0 unspecified atom stereocenters. The number of aliphatic imine (C=N–C) groups is 1. The van der Waals surface area contributed by atoms with Crippen LogP contribution < -0.4 is 4.74 Å². The maximum Gasteiger partial charge on any atom is 0.267 e. The molecule has 4 rings (SSSR count). The monoisotopic (exact) mass is 508 g/mol. The van der Waals surface area contributed by atoms with Crippen LogP contribution in [-0.4, -0.2) is 28.2 Å². The van der Waals surface area contributed by atoms with E-state index < -0.39 is 0 Å². The number of hydrogen-bond donors (Lipinski definition) is 1. The molecule has 3 aromatic rings. The van der Waals surface area contributed by atoms with Gasteiger partial charge in [-0.3, -0.25) is 14.7 Å². The van der Waals surface area contributed by atoms with E-state index in [1.807, 2.05) is 60.7 Å². The first-order valence-corrected chi connectivity index (χ1v) is 11.6. The van der Waals surface area contributed by atoms with Crippen LogP contribution >= 0.6 is 27.7 Å². The van der Waals surface area contributed by atoms with Gasteiger partial charge in [0.15, 0.2) is 16.7 Å². The standard InChI is InChI=1S/C25H21BrN2O3S/c1-31-21-13-19(12-20(26)23(21)29)14-22-24(30)28(16-18-10-6-3-7-11-18)25(32-22)27-15-17-8-4-2-5-9-17/h2-14,29H,15-16H2,1H3. The molecule has 1 heterocycles. The minimum absolute atomic E-state index is 0.0240. The first-order valence-electron chi connectivity index (χ1n) is 9.95. The minimum atomic E-state index is -0.103. The summed E-state index contributed by atoms with van der Waals surface area (Å²) in [6.07, 6.45) is 1.79. The summed E-state index contributed by atoms with van der Waals surface area (Å²) in [5.74, 6) is 0.255. The van der Waals surface area contributed by atoms with E-state index in [0.717, 1.165) is 16.7 Å². The number of amides is 1. The summed E-state index contributed by atoms with van der Waals surface area (Å²) >= 11 is 4.69. The molecule has 0 atom stereocenters. The van der Waals surface area contributed by atoms with Gasteiger partial charge in [-0.2, -0.15) is 0 Å². The lowest BCUT2D eigenvalue weighted by Gasteiger charge is -2.15. The molecule has 0 aromatic heterocycles. The largest absolute Gasteiger partial charge is 0.503 e. The Labute approximate surface area is 199 Å². The van der Waals surface area contributed by atoms with Crippen molar-refractivity contribution in [2.75, 3.05) is 7.11 Å². The van der Waals surface area contributed by atoms with Gasteiger partial charge in [-0.15, -0.1) is 0 Å². The molecule has 0 saturated carbocycles. The lowest BCUT2D eigenvalue weighted by Crippen LogP contribution is -2.28. The number of rotatable bonds is 6. The fourth-order valence-electron chi connectivity index (χ4n) is 3.26. The summed E-state index contributed by atoms with van der Waals surface area (Å²) in [5.41, 5.74) is 2.85. The van der Waals surface area contributed by atoms with Crippen molar-refractivity contribution in [3.8, 4) is 11.5 Å². The Morgan fingerprint density at radius 1 is 1.06 bits per heavy atom. The third-order valence-corrected chi connectivity index (χ3v) is 6.53. The molecule has 1 fully saturated rings. The van der Waals surface area contributed by atoms with Crippen LogP contribution in [0.2, 0.25) is 0 Å². The fourth-order valence-corrected chi connectivity index (χ4v) is 4.69.